The van der Waals surface area contributed by atoms with Gasteiger partial charge < -0.3 is 10.1 Å². The number of benzene rings is 1. The molecule has 1 N–H and O–H groups in total. The first-order valence-electron chi connectivity index (χ1n) is 8.56. The second-order valence-corrected chi connectivity index (χ2v) is 6.91. The minimum Gasteiger partial charge on any atom is -0.489 e. The van der Waals surface area contributed by atoms with Crippen molar-refractivity contribution in [2.24, 2.45) is 0 Å². The molecule has 1 atom stereocenters. The number of aryl methyl sites for hydroxylation is 1. The maximum Gasteiger partial charge on any atom is 0.120 e. The van der Waals surface area contributed by atoms with Gasteiger partial charge in [0.2, 0.25) is 0 Å². The molecule has 2 rings (SSSR count). The van der Waals surface area contributed by atoms with Gasteiger partial charge in [0.15, 0.2) is 0 Å². The summed E-state index contributed by atoms with van der Waals surface area (Å²) in [4.78, 5) is 0. The summed E-state index contributed by atoms with van der Waals surface area (Å²) >= 11 is 0. The molecule has 0 amide bonds. The highest BCUT2D eigenvalue weighted by Gasteiger charge is 2.14. The zero-order chi connectivity index (χ0) is 15.2. The molecule has 1 aliphatic rings. The Kier molecular flexibility index (Phi) is 6.10. The van der Waals surface area contributed by atoms with Crippen molar-refractivity contribution in [3.8, 4) is 5.75 Å². The Labute approximate surface area is 130 Å². The summed E-state index contributed by atoms with van der Waals surface area (Å²) in [5, 5.41) is 3.67. The van der Waals surface area contributed by atoms with Crippen LogP contribution in [0.25, 0.3) is 0 Å². The highest BCUT2D eigenvalue weighted by atomic mass is 16.5. The van der Waals surface area contributed by atoms with Gasteiger partial charge in [-0.15, -0.1) is 0 Å². The summed E-state index contributed by atoms with van der Waals surface area (Å²) in [5.41, 5.74) is 2.64. The monoisotopic (exact) mass is 289 g/mol. The van der Waals surface area contributed by atoms with Crippen LogP contribution < -0.4 is 10.1 Å². The standard InChI is InChI=1S/C19H31NO/c1-14(2)17-10-15(3)11-19(12-17)21-16(4)13-20-18-8-6-5-7-9-18/h10-12,14,16,18,20H,5-9,13H2,1-4H3. The second kappa shape index (κ2) is 7.84. The van der Waals surface area contributed by atoms with Crippen molar-refractivity contribution in [3.05, 3.63) is 29.3 Å². The van der Waals surface area contributed by atoms with Gasteiger partial charge in [-0.3, -0.25) is 0 Å². The molecule has 0 heterocycles. The van der Waals surface area contributed by atoms with Gasteiger partial charge in [-0.05, 0) is 55.9 Å². The largest absolute Gasteiger partial charge is 0.489 e. The molecule has 1 fully saturated rings. The minimum absolute atomic E-state index is 0.216. The number of ether oxygens (including phenoxy) is 1. The van der Waals surface area contributed by atoms with Crippen LogP contribution in [0, 0.1) is 6.92 Å². The normalized spacial score (nSPS) is 18.0. The number of hydrogen-bond donors (Lipinski definition) is 1. The molecule has 1 unspecified atom stereocenters. The van der Waals surface area contributed by atoms with Crippen molar-refractivity contribution in [3.63, 3.8) is 0 Å². The van der Waals surface area contributed by atoms with E-state index in [1.165, 1.54) is 43.2 Å². The summed E-state index contributed by atoms with van der Waals surface area (Å²) in [6.07, 6.45) is 7.04. The summed E-state index contributed by atoms with van der Waals surface area (Å²) in [6, 6.07) is 7.29. The van der Waals surface area contributed by atoms with Gasteiger partial charge in [0.05, 0.1) is 0 Å². The maximum atomic E-state index is 6.11. The highest BCUT2D eigenvalue weighted by molar-refractivity contribution is 5.35. The fraction of sp³-hybridized carbons (Fsp3) is 0.684. The van der Waals surface area contributed by atoms with Crippen LogP contribution in [-0.4, -0.2) is 18.7 Å². The van der Waals surface area contributed by atoms with Gasteiger partial charge in [-0.2, -0.15) is 0 Å². The van der Waals surface area contributed by atoms with Crippen LogP contribution in [-0.2, 0) is 0 Å². The molecule has 0 bridgehead atoms. The first-order valence-corrected chi connectivity index (χ1v) is 8.56. The van der Waals surface area contributed by atoms with Crippen molar-refractivity contribution in [2.45, 2.75) is 77.9 Å². The Morgan fingerprint density at radius 3 is 2.48 bits per heavy atom. The smallest absolute Gasteiger partial charge is 0.120 e. The number of rotatable bonds is 6. The van der Waals surface area contributed by atoms with Gasteiger partial charge >= 0.3 is 0 Å². The molecule has 0 aliphatic heterocycles. The molecule has 1 aliphatic carbocycles. The molecule has 2 heteroatoms. The van der Waals surface area contributed by atoms with Crippen molar-refractivity contribution in [2.75, 3.05) is 6.54 Å². The predicted molar refractivity (Wildman–Crippen MR) is 90.2 cm³/mol. The third-order valence-corrected chi connectivity index (χ3v) is 4.38. The topological polar surface area (TPSA) is 21.3 Å². The van der Waals surface area contributed by atoms with E-state index >= 15 is 0 Å². The van der Waals surface area contributed by atoms with Gasteiger partial charge in [0.1, 0.15) is 11.9 Å². The lowest BCUT2D eigenvalue weighted by Gasteiger charge is -2.25. The molecule has 1 aromatic carbocycles. The quantitative estimate of drug-likeness (QED) is 0.811. The fourth-order valence-electron chi connectivity index (χ4n) is 3.09. The van der Waals surface area contributed by atoms with E-state index < -0.39 is 0 Å². The lowest BCUT2D eigenvalue weighted by atomic mass is 9.95. The molecule has 0 radical (unpaired) electrons. The number of nitrogens with one attached hydrogen (secondary N) is 1. The molecule has 1 aromatic rings. The average molecular weight is 289 g/mol. The zero-order valence-electron chi connectivity index (χ0n) is 14.1. The van der Waals surface area contributed by atoms with Crippen molar-refractivity contribution in [1.29, 1.82) is 0 Å². The van der Waals surface area contributed by atoms with E-state index in [1.807, 2.05) is 0 Å². The fourth-order valence-corrected chi connectivity index (χ4v) is 3.09. The van der Waals surface area contributed by atoms with E-state index in [4.69, 9.17) is 4.74 Å². The summed E-state index contributed by atoms with van der Waals surface area (Å²) < 4.78 is 6.11. The van der Waals surface area contributed by atoms with E-state index in [0.29, 0.717) is 12.0 Å². The summed E-state index contributed by atoms with van der Waals surface area (Å²) in [5.74, 6) is 1.56. The lowest BCUT2D eigenvalue weighted by molar-refractivity contribution is 0.205. The third-order valence-electron chi connectivity index (χ3n) is 4.38. The minimum atomic E-state index is 0.216. The van der Waals surface area contributed by atoms with E-state index in [9.17, 15) is 0 Å². The molecular weight excluding hydrogens is 258 g/mol. The zero-order valence-corrected chi connectivity index (χ0v) is 14.1. The van der Waals surface area contributed by atoms with Crippen LogP contribution in [0.2, 0.25) is 0 Å². The Morgan fingerprint density at radius 2 is 1.81 bits per heavy atom. The maximum absolute atomic E-state index is 6.11. The van der Waals surface area contributed by atoms with E-state index in [0.717, 1.165) is 12.3 Å². The second-order valence-electron chi connectivity index (χ2n) is 6.91. The SMILES string of the molecule is Cc1cc(OC(C)CNC2CCCCC2)cc(C(C)C)c1. The molecule has 21 heavy (non-hydrogen) atoms. The van der Waals surface area contributed by atoms with Gasteiger partial charge in [-0.25, -0.2) is 0 Å². The Morgan fingerprint density at radius 1 is 1.10 bits per heavy atom. The highest BCUT2D eigenvalue weighted by Crippen LogP contribution is 2.23. The Bertz CT molecular complexity index is 435. The van der Waals surface area contributed by atoms with Crippen LogP contribution >= 0.6 is 0 Å². The molecular formula is C19H31NO. The van der Waals surface area contributed by atoms with Crippen LogP contribution in [0.1, 0.15) is 69.9 Å². The first-order chi connectivity index (χ1) is 10.0. The number of hydrogen-bond acceptors (Lipinski definition) is 2. The lowest BCUT2D eigenvalue weighted by Crippen LogP contribution is -2.37. The summed E-state index contributed by atoms with van der Waals surface area (Å²) in [6.45, 7) is 9.70. The van der Waals surface area contributed by atoms with Crippen molar-refractivity contribution < 1.29 is 4.74 Å². The van der Waals surface area contributed by atoms with Gasteiger partial charge in [-0.1, -0.05) is 39.2 Å². The van der Waals surface area contributed by atoms with Crippen LogP contribution in [0.15, 0.2) is 18.2 Å². The molecule has 2 nitrogen and oxygen atoms in total. The molecule has 118 valence electrons. The van der Waals surface area contributed by atoms with Crippen LogP contribution in [0.3, 0.4) is 0 Å². The first kappa shape index (κ1) is 16.4. The van der Waals surface area contributed by atoms with Gasteiger partial charge in [0.25, 0.3) is 0 Å². The molecule has 0 aromatic heterocycles. The van der Waals surface area contributed by atoms with Crippen molar-refractivity contribution >= 4 is 0 Å². The van der Waals surface area contributed by atoms with E-state index in [-0.39, 0.29) is 6.10 Å². The predicted octanol–water partition coefficient (Wildman–Crippen LogP) is 4.81. The van der Waals surface area contributed by atoms with Crippen molar-refractivity contribution in [1.82, 2.24) is 5.32 Å². The van der Waals surface area contributed by atoms with Gasteiger partial charge in [0, 0.05) is 12.6 Å². The summed E-state index contributed by atoms with van der Waals surface area (Å²) in [7, 11) is 0. The van der Waals surface area contributed by atoms with Crippen LogP contribution in [0.4, 0.5) is 0 Å². The van der Waals surface area contributed by atoms with E-state index in [2.05, 4.69) is 51.2 Å². The third kappa shape index (κ3) is 5.35. The molecule has 0 spiro atoms. The van der Waals surface area contributed by atoms with E-state index in [1.54, 1.807) is 0 Å². The Balaban J connectivity index is 1.85. The van der Waals surface area contributed by atoms with Crippen LogP contribution in [0.5, 0.6) is 5.75 Å². The molecule has 1 saturated carbocycles. The molecule has 0 saturated heterocycles. The Hall–Kier alpha value is -1.02. The average Bonchev–Trinajstić information content (AvgIpc) is 2.45.